The fraction of sp³-hybridized carbons (Fsp3) is 0.909. The predicted octanol–water partition coefficient (Wildman–Crippen LogP) is 2.75. The van der Waals surface area contributed by atoms with Crippen molar-refractivity contribution in [1.29, 1.82) is 0 Å². The summed E-state index contributed by atoms with van der Waals surface area (Å²) in [6.45, 7) is 1.82. The summed E-state index contributed by atoms with van der Waals surface area (Å²) in [5.74, 6) is 0.286. The second-order valence-electron chi connectivity index (χ2n) is 4.46. The van der Waals surface area contributed by atoms with Crippen LogP contribution in [0.1, 0.15) is 45.4 Å². The summed E-state index contributed by atoms with van der Waals surface area (Å²) >= 11 is 0. The van der Waals surface area contributed by atoms with E-state index in [-0.39, 0.29) is 18.6 Å². The minimum absolute atomic E-state index is 0.133. The molecule has 1 saturated carbocycles. The van der Waals surface area contributed by atoms with Crippen molar-refractivity contribution in [2.24, 2.45) is 5.92 Å². The molecule has 1 rings (SSSR count). The minimum atomic E-state index is -3.67. The van der Waals surface area contributed by atoms with Gasteiger partial charge in [-0.3, -0.25) is 9.36 Å². The van der Waals surface area contributed by atoms with Crippen molar-refractivity contribution in [1.82, 2.24) is 0 Å². The number of hydrogen-bond donors (Lipinski definition) is 1. The third kappa shape index (κ3) is 5.24. The molecule has 0 aliphatic heterocycles. The number of rotatable bonds is 6. The Kier molecular flexibility index (Phi) is 5.67. The fourth-order valence-electron chi connectivity index (χ4n) is 2.25. The molecule has 1 atom stereocenters. The van der Waals surface area contributed by atoms with Crippen LogP contribution in [0.25, 0.3) is 0 Å². The summed E-state index contributed by atoms with van der Waals surface area (Å²) in [4.78, 5) is 20.9. The summed E-state index contributed by atoms with van der Waals surface area (Å²) in [5.41, 5.74) is 0. The first-order valence-corrected chi connectivity index (χ1v) is 7.78. The van der Waals surface area contributed by atoms with Crippen molar-refractivity contribution in [3.05, 3.63) is 0 Å². The Morgan fingerprint density at radius 1 is 1.38 bits per heavy atom. The first kappa shape index (κ1) is 13.9. The maximum absolute atomic E-state index is 11.6. The lowest BCUT2D eigenvalue weighted by Gasteiger charge is -2.21. The molecule has 0 aromatic heterocycles. The van der Waals surface area contributed by atoms with E-state index in [0.29, 0.717) is 12.3 Å². The Morgan fingerprint density at radius 3 is 2.56 bits per heavy atom. The van der Waals surface area contributed by atoms with Crippen LogP contribution in [-0.2, 0) is 13.9 Å². The second-order valence-corrected chi connectivity index (χ2v) is 6.31. The van der Waals surface area contributed by atoms with E-state index in [1.54, 1.807) is 6.92 Å². The van der Waals surface area contributed by atoms with E-state index in [2.05, 4.69) is 4.52 Å². The second kappa shape index (κ2) is 6.53. The molecule has 0 aromatic carbocycles. The van der Waals surface area contributed by atoms with E-state index < -0.39 is 7.60 Å². The monoisotopic (exact) mass is 248 g/mol. The van der Waals surface area contributed by atoms with Gasteiger partial charge in [-0.05, 0) is 12.8 Å². The molecule has 1 N–H and O–H groups in total. The van der Waals surface area contributed by atoms with Gasteiger partial charge in [-0.2, -0.15) is 0 Å². The zero-order valence-corrected chi connectivity index (χ0v) is 10.7. The van der Waals surface area contributed by atoms with E-state index in [1.165, 1.54) is 19.3 Å². The van der Waals surface area contributed by atoms with Crippen LogP contribution >= 0.6 is 7.60 Å². The van der Waals surface area contributed by atoms with E-state index >= 15 is 0 Å². The van der Waals surface area contributed by atoms with Crippen molar-refractivity contribution >= 4 is 13.4 Å². The number of carbonyl (C=O) groups excluding carboxylic acids is 1. The first-order chi connectivity index (χ1) is 7.53. The molecule has 0 radical (unpaired) electrons. The molecule has 16 heavy (non-hydrogen) atoms. The standard InChI is InChI=1S/C11H21O4P/c1-2-15-16(13,14)9-11(12)8-10-6-4-3-5-7-10/h10H,2-9H2,1H3,(H,13,14). The Bertz CT molecular complexity index is 271. The van der Waals surface area contributed by atoms with Crippen molar-refractivity contribution in [3.8, 4) is 0 Å². The van der Waals surface area contributed by atoms with Gasteiger partial charge in [0.1, 0.15) is 11.9 Å². The summed E-state index contributed by atoms with van der Waals surface area (Å²) in [6.07, 6.45) is 5.89. The Hall–Kier alpha value is -0.180. The molecule has 1 unspecified atom stereocenters. The lowest BCUT2D eigenvalue weighted by Crippen LogP contribution is -2.15. The maximum Gasteiger partial charge on any atom is 0.335 e. The largest absolute Gasteiger partial charge is 0.335 e. The number of ketones is 1. The van der Waals surface area contributed by atoms with Crippen molar-refractivity contribution in [2.45, 2.75) is 45.4 Å². The van der Waals surface area contributed by atoms with Crippen LogP contribution in [0.15, 0.2) is 0 Å². The summed E-state index contributed by atoms with van der Waals surface area (Å²) in [7, 11) is -3.67. The van der Waals surface area contributed by atoms with E-state index in [0.717, 1.165) is 12.8 Å². The summed E-state index contributed by atoms with van der Waals surface area (Å²) < 4.78 is 16.1. The highest BCUT2D eigenvalue weighted by molar-refractivity contribution is 7.53. The SMILES string of the molecule is CCOP(=O)(O)CC(=O)CC1CCCCC1. The fourth-order valence-corrected chi connectivity index (χ4v) is 3.32. The zero-order valence-electron chi connectivity index (χ0n) is 9.85. The van der Waals surface area contributed by atoms with Crippen LogP contribution < -0.4 is 0 Å². The van der Waals surface area contributed by atoms with Gasteiger partial charge in [0.05, 0.1) is 6.61 Å². The van der Waals surface area contributed by atoms with Gasteiger partial charge in [-0.1, -0.05) is 32.1 Å². The summed E-state index contributed by atoms with van der Waals surface area (Å²) in [5, 5.41) is 0. The molecule has 0 bridgehead atoms. The average Bonchev–Trinajstić information content (AvgIpc) is 2.17. The van der Waals surface area contributed by atoms with Gasteiger partial charge in [0, 0.05) is 6.42 Å². The highest BCUT2D eigenvalue weighted by Gasteiger charge is 2.25. The highest BCUT2D eigenvalue weighted by Crippen LogP contribution is 2.42. The van der Waals surface area contributed by atoms with Gasteiger partial charge in [-0.15, -0.1) is 0 Å². The topological polar surface area (TPSA) is 63.6 Å². The van der Waals surface area contributed by atoms with Gasteiger partial charge < -0.3 is 9.42 Å². The van der Waals surface area contributed by atoms with Gasteiger partial charge >= 0.3 is 7.60 Å². The molecular weight excluding hydrogens is 227 g/mol. The molecular formula is C11H21O4P. The van der Waals surface area contributed by atoms with Crippen LogP contribution in [0.3, 0.4) is 0 Å². The molecule has 0 spiro atoms. The van der Waals surface area contributed by atoms with E-state index in [9.17, 15) is 14.3 Å². The van der Waals surface area contributed by atoms with E-state index in [1.807, 2.05) is 0 Å². The highest BCUT2D eigenvalue weighted by atomic mass is 31.2. The van der Waals surface area contributed by atoms with Gasteiger partial charge in [0.15, 0.2) is 0 Å². The quantitative estimate of drug-likeness (QED) is 0.734. The summed E-state index contributed by atoms with van der Waals surface area (Å²) in [6, 6.07) is 0. The van der Waals surface area contributed by atoms with Gasteiger partial charge in [0.25, 0.3) is 0 Å². The Balaban J connectivity index is 2.31. The van der Waals surface area contributed by atoms with Crippen LogP contribution in [-0.4, -0.2) is 23.4 Å². The van der Waals surface area contributed by atoms with Gasteiger partial charge in [-0.25, -0.2) is 0 Å². The Morgan fingerprint density at radius 2 is 2.00 bits per heavy atom. The van der Waals surface area contributed by atoms with Gasteiger partial charge in [0.2, 0.25) is 0 Å². The molecule has 1 aliphatic carbocycles. The lowest BCUT2D eigenvalue weighted by molar-refractivity contribution is -0.118. The minimum Gasteiger partial charge on any atom is -0.324 e. The smallest absolute Gasteiger partial charge is 0.324 e. The third-order valence-corrected chi connectivity index (χ3v) is 4.36. The molecule has 0 saturated heterocycles. The van der Waals surface area contributed by atoms with Crippen molar-refractivity contribution < 1.29 is 18.8 Å². The van der Waals surface area contributed by atoms with Crippen molar-refractivity contribution in [3.63, 3.8) is 0 Å². The molecule has 0 aromatic rings. The number of Topliss-reactive ketones (excluding diaryl/α,β-unsaturated/α-hetero) is 1. The lowest BCUT2D eigenvalue weighted by atomic mass is 9.86. The average molecular weight is 248 g/mol. The molecule has 1 fully saturated rings. The van der Waals surface area contributed by atoms with Crippen LogP contribution in [0.5, 0.6) is 0 Å². The molecule has 94 valence electrons. The Labute approximate surface area is 96.9 Å². The zero-order chi connectivity index (χ0) is 12.0. The van der Waals surface area contributed by atoms with Crippen LogP contribution in [0.4, 0.5) is 0 Å². The maximum atomic E-state index is 11.6. The van der Waals surface area contributed by atoms with Crippen LogP contribution in [0.2, 0.25) is 0 Å². The first-order valence-electron chi connectivity index (χ1n) is 6.01. The van der Waals surface area contributed by atoms with E-state index in [4.69, 9.17) is 0 Å². The number of hydrogen-bond acceptors (Lipinski definition) is 3. The normalized spacial score (nSPS) is 21.6. The molecule has 4 nitrogen and oxygen atoms in total. The molecule has 1 aliphatic rings. The van der Waals surface area contributed by atoms with Crippen molar-refractivity contribution in [2.75, 3.05) is 12.8 Å². The third-order valence-electron chi connectivity index (χ3n) is 2.95. The number of carbonyl (C=O) groups is 1. The predicted molar refractivity (Wildman–Crippen MR) is 62.5 cm³/mol. The molecule has 5 heteroatoms. The van der Waals surface area contributed by atoms with Crippen LogP contribution in [0, 0.1) is 5.92 Å². The molecule has 0 heterocycles. The molecule has 0 amide bonds.